The lowest BCUT2D eigenvalue weighted by molar-refractivity contribution is 0.614. The minimum atomic E-state index is 0.182. The fourth-order valence-corrected chi connectivity index (χ4v) is 4.31. The van der Waals surface area contributed by atoms with Gasteiger partial charge in [0.1, 0.15) is 0 Å². The molecule has 0 spiro atoms. The Labute approximate surface area is 157 Å². The summed E-state index contributed by atoms with van der Waals surface area (Å²) >= 11 is 6.15. The number of H-pyrrole nitrogens is 1. The van der Waals surface area contributed by atoms with Crippen molar-refractivity contribution in [2.24, 2.45) is 5.92 Å². The zero-order valence-corrected chi connectivity index (χ0v) is 14.9. The third kappa shape index (κ3) is 2.49. The first-order valence-corrected chi connectivity index (χ1v) is 9.31. The lowest BCUT2D eigenvalue weighted by Crippen LogP contribution is -2.26. The van der Waals surface area contributed by atoms with Crippen molar-refractivity contribution in [3.05, 3.63) is 107 Å². The summed E-state index contributed by atoms with van der Waals surface area (Å²) in [4.78, 5) is 3.44. The number of allylic oxidation sites excluding steroid dienone is 2. The summed E-state index contributed by atoms with van der Waals surface area (Å²) < 4.78 is 0. The largest absolute Gasteiger partial charge is 0.384 e. The number of benzene rings is 2. The highest BCUT2D eigenvalue weighted by Crippen LogP contribution is 2.43. The number of aromatic amines is 1. The molecule has 0 bridgehead atoms. The van der Waals surface area contributed by atoms with Crippen molar-refractivity contribution in [1.82, 2.24) is 10.3 Å². The third-order valence-corrected chi connectivity index (χ3v) is 5.68. The van der Waals surface area contributed by atoms with E-state index >= 15 is 0 Å². The van der Waals surface area contributed by atoms with Crippen LogP contribution in [0, 0.1) is 5.92 Å². The van der Waals surface area contributed by atoms with Gasteiger partial charge in [0.15, 0.2) is 0 Å². The van der Waals surface area contributed by atoms with Crippen molar-refractivity contribution in [1.29, 1.82) is 0 Å². The molecule has 2 heterocycles. The van der Waals surface area contributed by atoms with Crippen molar-refractivity contribution in [3.63, 3.8) is 0 Å². The minimum absolute atomic E-state index is 0.182. The van der Waals surface area contributed by atoms with Crippen LogP contribution in [0.3, 0.4) is 0 Å². The average molecular weight is 359 g/mol. The topological polar surface area (TPSA) is 27.8 Å². The zero-order chi connectivity index (χ0) is 17.5. The van der Waals surface area contributed by atoms with E-state index in [4.69, 9.17) is 11.6 Å². The predicted molar refractivity (Wildman–Crippen MR) is 108 cm³/mol. The summed E-state index contributed by atoms with van der Waals surface area (Å²) in [5.41, 5.74) is 5.13. The third-order valence-electron chi connectivity index (χ3n) is 5.43. The molecule has 1 aliphatic carbocycles. The summed E-state index contributed by atoms with van der Waals surface area (Å²) in [6.07, 6.45) is 13.2. The smallest absolute Gasteiger partial charge is 0.0543 e. The van der Waals surface area contributed by atoms with Gasteiger partial charge in [-0.2, -0.15) is 0 Å². The molecule has 128 valence electrons. The number of para-hydroxylation sites is 1. The van der Waals surface area contributed by atoms with Gasteiger partial charge in [-0.3, -0.25) is 0 Å². The van der Waals surface area contributed by atoms with Crippen LogP contribution in [-0.2, 0) is 0 Å². The van der Waals surface area contributed by atoms with Gasteiger partial charge in [-0.25, -0.2) is 0 Å². The van der Waals surface area contributed by atoms with Crippen LogP contribution in [-0.4, -0.2) is 11.0 Å². The maximum Gasteiger partial charge on any atom is 0.0543 e. The monoisotopic (exact) mass is 358 g/mol. The summed E-state index contributed by atoms with van der Waals surface area (Å²) in [7, 11) is 0. The van der Waals surface area contributed by atoms with Crippen LogP contribution >= 0.6 is 11.6 Å². The van der Waals surface area contributed by atoms with Gasteiger partial charge in [-0.15, -0.1) is 0 Å². The molecule has 0 fully saturated rings. The Morgan fingerprint density at radius 3 is 2.62 bits per heavy atom. The van der Waals surface area contributed by atoms with Crippen LogP contribution in [0.4, 0.5) is 0 Å². The van der Waals surface area contributed by atoms with Crippen LogP contribution in [0.5, 0.6) is 0 Å². The van der Waals surface area contributed by atoms with Crippen molar-refractivity contribution < 1.29 is 0 Å². The maximum atomic E-state index is 6.15. The van der Waals surface area contributed by atoms with Gasteiger partial charge < -0.3 is 10.3 Å². The van der Waals surface area contributed by atoms with Gasteiger partial charge in [-0.05, 0) is 41.1 Å². The predicted octanol–water partition coefficient (Wildman–Crippen LogP) is 5.55. The molecule has 26 heavy (non-hydrogen) atoms. The fraction of sp³-hybridized carbons (Fsp3) is 0.130. The lowest BCUT2D eigenvalue weighted by Gasteiger charge is -2.25. The second kappa shape index (κ2) is 6.22. The first-order valence-electron chi connectivity index (χ1n) is 8.94. The average Bonchev–Trinajstić information content (AvgIpc) is 3.29. The van der Waals surface area contributed by atoms with Gasteiger partial charge >= 0.3 is 0 Å². The molecule has 3 aromatic rings. The molecule has 3 unspecified atom stereocenters. The quantitative estimate of drug-likeness (QED) is 0.631. The SMILES string of the molecule is Clc1ccc(C(C2=CNC3C=CC=CC23)c2c[nH]c3ccccc23)cc1. The molecule has 3 heteroatoms. The first-order chi connectivity index (χ1) is 12.8. The molecule has 2 aliphatic rings. The Morgan fingerprint density at radius 1 is 0.923 bits per heavy atom. The molecule has 0 saturated heterocycles. The second-order valence-corrected chi connectivity index (χ2v) is 7.34. The number of halogens is 1. The number of hydrogen-bond acceptors (Lipinski definition) is 1. The molecular weight excluding hydrogens is 340 g/mol. The van der Waals surface area contributed by atoms with E-state index < -0.39 is 0 Å². The highest BCUT2D eigenvalue weighted by molar-refractivity contribution is 6.30. The molecule has 2 nitrogen and oxygen atoms in total. The molecule has 3 atom stereocenters. The summed E-state index contributed by atoms with van der Waals surface area (Å²) in [5.74, 6) is 0.552. The van der Waals surface area contributed by atoms with Crippen LogP contribution in [0.2, 0.25) is 5.02 Å². The molecule has 2 aromatic carbocycles. The van der Waals surface area contributed by atoms with Crippen molar-refractivity contribution in [2.45, 2.75) is 12.0 Å². The Kier molecular flexibility index (Phi) is 3.72. The van der Waals surface area contributed by atoms with Crippen LogP contribution in [0.1, 0.15) is 17.0 Å². The Bertz CT molecular complexity index is 1040. The molecule has 2 N–H and O–H groups in total. The number of nitrogens with one attached hydrogen (secondary N) is 2. The summed E-state index contributed by atoms with van der Waals surface area (Å²) in [6, 6.07) is 17.1. The fourth-order valence-electron chi connectivity index (χ4n) is 4.19. The lowest BCUT2D eigenvalue weighted by atomic mass is 9.77. The molecule has 0 saturated carbocycles. The van der Waals surface area contributed by atoms with E-state index in [0.29, 0.717) is 12.0 Å². The van der Waals surface area contributed by atoms with Gasteiger partial charge in [0, 0.05) is 34.0 Å². The number of aromatic nitrogens is 1. The summed E-state index contributed by atoms with van der Waals surface area (Å²) in [5, 5.41) is 5.58. The van der Waals surface area contributed by atoms with Crippen LogP contribution < -0.4 is 5.32 Å². The van der Waals surface area contributed by atoms with E-state index in [1.807, 2.05) is 12.1 Å². The van der Waals surface area contributed by atoms with Gasteiger partial charge in [0.05, 0.1) is 6.04 Å². The van der Waals surface area contributed by atoms with E-state index in [9.17, 15) is 0 Å². The number of hydrogen-bond donors (Lipinski definition) is 2. The maximum absolute atomic E-state index is 6.15. The first kappa shape index (κ1) is 15.5. The van der Waals surface area contributed by atoms with E-state index in [0.717, 1.165) is 5.02 Å². The van der Waals surface area contributed by atoms with E-state index in [1.165, 1.54) is 27.6 Å². The Balaban J connectivity index is 1.68. The summed E-state index contributed by atoms with van der Waals surface area (Å²) in [6.45, 7) is 0. The zero-order valence-electron chi connectivity index (χ0n) is 14.2. The van der Waals surface area contributed by atoms with E-state index in [1.54, 1.807) is 0 Å². The number of rotatable bonds is 3. The molecule has 0 radical (unpaired) electrons. The van der Waals surface area contributed by atoms with Crippen molar-refractivity contribution in [2.75, 3.05) is 0 Å². The molecule has 0 amide bonds. The van der Waals surface area contributed by atoms with Crippen LogP contribution in [0.25, 0.3) is 10.9 Å². The van der Waals surface area contributed by atoms with Gasteiger partial charge in [0.2, 0.25) is 0 Å². The highest BCUT2D eigenvalue weighted by atomic mass is 35.5. The highest BCUT2D eigenvalue weighted by Gasteiger charge is 2.34. The number of fused-ring (bicyclic) bond motifs is 2. The van der Waals surface area contributed by atoms with Crippen molar-refractivity contribution >= 4 is 22.5 Å². The Morgan fingerprint density at radius 2 is 1.73 bits per heavy atom. The normalized spacial score (nSPS) is 22.1. The standard InChI is InChI=1S/C23H19ClN2/c24-16-11-9-15(10-12-16)23(19-13-25-21-7-3-1-5-17(19)21)20-14-26-22-8-4-2-6-18(20)22/h1-14,17,21,23,25-26H. The Hall–Kier alpha value is -2.71. The van der Waals surface area contributed by atoms with Crippen molar-refractivity contribution in [3.8, 4) is 0 Å². The molecule has 5 rings (SSSR count). The molecule has 1 aromatic heterocycles. The molecule has 1 aliphatic heterocycles. The van der Waals surface area contributed by atoms with E-state index in [-0.39, 0.29) is 5.92 Å². The minimum Gasteiger partial charge on any atom is -0.384 e. The van der Waals surface area contributed by atoms with Crippen LogP contribution in [0.15, 0.2) is 90.8 Å². The van der Waals surface area contributed by atoms with E-state index in [2.05, 4.69) is 83.4 Å². The van der Waals surface area contributed by atoms with Gasteiger partial charge in [0.25, 0.3) is 0 Å². The molecular formula is C23H19ClN2. The van der Waals surface area contributed by atoms with Gasteiger partial charge in [-0.1, -0.05) is 66.2 Å². The second-order valence-electron chi connectivity index (χ2n) is 6.91.